The van der Waals surface area contributed by atoms with Crippen molar-refractivity contribution in [2.75, 3.05) is 13.7 Å². The van der Waals surface area contributed by atoms with Crippen molar-refractivity contribution in [3.05, 3.63) is 0 Å². The first kappa shape index (κ1) is 9.49. The third-order valence-corrected chi connectivity index (χ3v) is 3.62. The molecule has 1 heterocycles. The van der Waals surface area contributed by atoms with E-state index in [4.69, 9.17) is 9.47 Å². The Morgan fingerprint density at radius 3 is 3.00 bits per heavy atom. The van der Waals surface area contributed by atoms with Gasteiger partial charge in [-0.25, -0.2) is 0 Å². The average molecular weight is 198 g/mol. The van der Waals surface area contributed by atoms with Gasteiger partial charge in [-0.05, 0) is 18.8 Å². The van der Waals surface area contributed by atoms with E-state index in [9.17, 15) is 9.59 Å². The lowest BCUT2D eigenvalue weighted by atomic mass is 9.78. The van der Waals surface area contributed by atoms with Crippen LogP contribution in [0.1, 0.15) is 19.8 Å². The number of cyclic esters (lactones) is 1. The summed E-state index contributed by atoms with van der Waals surface area (Å²) in [6.45, 7) is 2.42. The van der Waals surface area contributed by atoms with E-state index < -0.39 is 17.4 Å². The van der Waals surface area contributed by atoms with Crippen molar-refractivity contribution >= 4 is 11.9 Å². The molecule has 1 aliphatic carbocycles. The van der Waals surface area contributed by atoms with Gasteiger partial charge >= 0.3 is 11.9 Å². The molecule has 0 aromatic rings. The van der Waals surface area contributed by atoms with Gasteiger partial charge in [-0.1, -0.05) is 6.92 Å². The van der Waals surface area contributed by atoms with Crippen molar-refractivity contribution < 1.29 is 19.1 Å². The Bertz CT molecular complexity index is 286. The van der Waals surface area contributed by atoms with Gasteiger partial charge in [-0.2, -0.15) is 0 Å². The average Bonchev–Trinajstić information content (AvgIpc) is 2.68. The van der Waals surface area contributed by atoms with Crippen LogP contribution in [-0.2, 0) is 19.1 Å². The largest absolute Gasteiger partial charge is 0.468 e. The molecular formula is C10H14O4. The number of rotatable bonds is 1. The predicted octanol–water partition coefficient (Wildman–Crippen LogP) is 0.749. The standard InChI is InChI=1S/C10H14O4/c1-6-3-4-10(8(11)13-2)7(6)5-14-9(10)12/h6-7H,3-5H2,1-2H3/t6-,7-,10+/m1/s1. The number of hydrogen-bond donors (Lipinski definition) is 0. The Kier molecular flexibility index (Phi) is 2.01. The number of hydrogen-bond acceptors (Lipinski definition) is 4. The number of carbonyl (C=O) groups is 2. The summed E-state index contributed by atoms with van der Waals surface area (Å²) in [5.74, 6) is -0.434. The van der Waals surface area contributed by atoms with Crippen LogP contribution in [-0.4, -0.2) is 25.7 Å². The topological polar surface area (TPSA) is 52.6 Å². The Labute approximate surface area is 82.6 Å². The lowest BCUT2D eigenvalue weighted by Gasteiger charge is -2.21. The number of carbonyl (C=O) groups excluding carboxylic acids is 2. The third kappa shape index (κ3) is 0.938. The molecule has 14 heavy (non-hydrogen) atoms. The molecule has 0 spiro atoms. The maximum atomic E-state index is 11.7. The Balaban J connectivity index is 2.37. The fourth-order valence-corrected chi connectivity index (χ4v) is 2.70. The number of ether oxygens (including phenoxy) is 2. The molecule has 4 heteroatoms. The van der Waals surface area contributed by atoms with E-state index in [1.807, 2.05) is 0 Å². The Hall–Kier alpha value is -1.06. The van der Waals surface area contributed by atoms with Gasteiger partial charge in [0.25, 0.3) is 0 Å². The summed E-state index contributed by atoms with van der Waals surface area (Å²) in [5.41, 5.74) is -0.978. The highest BCUT2D eigenvalue weighted by atomic mass is 16.6. The van der Waals surface area contributed by atoms with E-state index in [0.717, 1.165) is 6.42 Å². The van der Waals surface area contributed by atoms with Crippen molar-refractivity contribution in [2.24, 2.45) is 17.3 Å². The molecule has 78 valence electrons. The summed E-state index contributed by atoms with van der Waals surface area (Å²) in [6, 6.07) is 0. The first-order chi connectivity index (χ1) is 6.63. The highest BCUT2D eigenvalue weighted by Gasteiger charge is 2.63. The van der Waals surface area contributed by atoms with Gasteiger partial charge in [-0.15, -0.1) is 0 Å². The van der Waals surface area contributed by atoms with Crippen LogP contribution >= 0.6 is 0 Å². The molecule has 2 fully saturated rings. The molecule has 2 rings (SSSR count). The van der Waals surface area contributed by atoms with Crippen LogP contribution in [0.5, 0.6) is 0 Å². The highest BCUT2D eigenvalue weighted by molar-refractivity contribution is 6.02. The second-order valence-electron chi connectivity index (χ2n) is 4.18. The minimum absolute atomic E-state index is 0.0162. The van der Waals surface area contributed by atoms with Gasteiger partial charge < -0.3 is 9.47 Å². The first-order valence-corrected chi connectivity index (χ1v) is 4.88. The SMILES string of the molecule is COC(=O)[C@]12CC[C@@H](C)[C@H]1COC2=O. The fourth-order valence-electron chi connectivity index (χ4n) is 2.70. The zero-order valence-electron chi connectivity index (χ0n) is 8.41. The van der Waals surface area contributed by atoms with Crippen molar-refractivity contribution in [3.8, 4) is 0 Å². The lowest BCUT2D eigenvalue weighted by Crippen LogP contribution is -2.39. The van der Waals surface area contributed by atoms with Crippen molar-refractivity contribution in [1.29, 1.82) is 0 Å². The maximum Gasteiger partial charge on any atom is 0.323 e. The van der Waals surface area contributed by atoms with E-state index in [1.165, 1.54) is 7.11 Å². The Morgan fingerprint density at radius 1 is 1.64 bits per heavy atom. The first-order valence-electron chi connectivity index (χ1n) is 4.88. The molecule has 0 aromatic heterocycles. The summed E-state index contributed by atoms with van der Waals surface area (Å²) in [4.78, 5) is 23.3. The van der Waals surface area contributed by atoms with Crippen LogP contribution in [0, 0.1) is 17.3 Å². The quantitative estimate of drug-likeness (QED) is 0.461. The van der Waals surface area contributed by atoms with Gasteiger partial charge in [0.15, 0.2) is 5.41 Å². The summed E-state index contributed by atoms with van der Waals surface area (Å²) in [5, 5.41) is 0. The van der Waals surface area contributed by atoms with Gasteiger partial charge in [0.1, 0.15) is 0 Å². The van der Waals surface area contributed by atoms with Crippen LogP contribution < -0.4 is 0 Å². The predicted molar refractivity (Wildman–Crippen MR) is 47.3 cm³/mol. The molecule has 1 aliphatic heterocycles. The molecule has 0 bridgehead atoms. The van der Waals surface area contributed by atoms with Gasteiger partial charge in [0.05, 0.1) is 13.7 Å². The fraction of sp³-hybridized carbons (Fsp3) is 0.800. The van der Waals surface area contributed by atoms with Crippen LogP contribution in [0.4, 0.5) is 0 Å². The summed E-state index contributed by atoms with van der Waals surface area (Å²) in [7, 11) is 1.32. The molecule has 0 aromatic carbocycles. The van der Waals surface area contributed by atoms with Crippen LogP contribution in [0.2, 0.25) is 0 Å². The highest BCUT2D eigenvalue weighted by Crippen LogP contribution is 2.52. The van der Waals surface area contributed by atoms with E-state index in [1.54, 1.807) is 0 Å². The molecule has 1 saturated heterocycles. The normalized spacial score (nSPS) is 40.6. The minimum atomic E-state index is -0.978. The number of esters is 2. The monoisotopic (exact) mass is 198 g/mol. The molecule has 0 unspecified atom stereocenters. The van der Waals surface area contributed by atoms with Crippen molar-refractivity contribution in [1.82, 2.24) is 0 Å². The molecule has 0 N–H and O–H groups in total. The molecule has 1 saturated carbocycles. The summed E-state index contributed by atoms with van der Waals surface area (Å²) in [6.07, 6.45) is 1.47. The zero-order chi connectivity index (χ0) is 10.3. The summed E-state index contributed by atoms with van der Waals surface area (Å²) < 4.78 is 9.69. The second-order valence-corrected chi connectivity index (χ2v) is 4.18. The van der Waals surface area contributed by atoms with E-state index >= 15 is 0 Å². The zero-order valence-corrected chi connectivity index (χ0v) is 8.41. The van der Waals surface area contributed by atoms with Crippen molar-refractivity contribution in [3.63, 3.8) is 0 Å². The smallest absolute Gasteiger partial charge is 0.323 e. The molecule has 0 amide bonds. The molecule has 4 nitrogen and oxygen atoms in total. The second kappa shape index (κ2) is 2.97. The van der Waals surface area contributed by atoms with Gasteiger partial charge in [0.2, 0.25) is 0 Å². The molecule has 3 atom stereocenters. The van der Waals surface area contributed by atoms with Gasteiger partial charge in [0, 0.05) is 5.92 Å². The van der Waals surface area contributed by atoms with Crippen LogP contribution in [0.3, 0.4) is 0 Å². The minimum Gasteiger partial charge on any atom is -0.468 e. The maximum absolute atomic E-state index is 11.7. The van der Waals surface area contributed by atoms with Gasteiger partial charge in [-0.3, -0.25) is 9.59 Å². The Morgan fingerprint density at radius 2 is 2.36 bits per heavy atom. The summed E-state index contributed by atoms with van der Waals surface area (Å²) >= 11 is 0. The number of fused-ring (bicyclic) bond motifs is 1. The van der Waals surface area contributed by atoms with Crippen LogP contribution in [0.25, 0.3) is 0 Å². The molecule has 2 aliphatic rings. The van der Waals surface area contributed by atoms with Crippen molar-refractivity contribution in [2.45, 2.75) is 19.8 Å². The lowest BCUT2D eigenvalue weighted by molar-refractivity contribution is -0.163. The van der Waals surface area contributed by atoms with Crippen LogP contribution in [0.15, 0.2) is 0 Å². The van der Waals surface area contributed by atoms with E-state index in [0.29, 0.717) is 18.9 Å². The number of methoxy groups -OCH3 is 1. The third-order valence-electron chi connectivity index (χ3n) is 3.62. The van der Waals surface area contributed by atoms with E-state index in [2.05, 4.69) is 6.92 Å². The molecular weight excluding hydrogens is 184 g/mol. The molecule has 0 radical (unpaired) electrons. The van der Waals surface area contributed by atoms with E-state index in [-0.39, 0.29) is 5.92 Å².